The van der Waals surface area contributed by atoms with Gasteiger partial charge in [0.1, 0.15) is 0 Å². The molecule has 0 saturated carbocycles. The van der Waals surface area contributed by atoms with E-state index in [1.54, 1.807) is 24.0 Å². The fourth-order valence-corrected chi connectivity index (χ4v) is 1.71. The Balaban J connectivity index is 2.53. The van der Waals surface area contributed by atoms with Gasteiger partial charge in [-0.3, -0.25) is 4.79 Å². The van der Waals surface area contributed by atoms with Crippen LogP contribution in [0.4, 0.5) is 0 Å². The minimum Gasteiger partial charge on any atom is -0.396 e. The van der Waals surface area contributed by atoms with E-state index in [-0.39, 0.29) is 19.1 Å². The Morgan fingerprint density at radius 1 is 1.61 bits per heavy atom. The van der Waals surface area contributed by atoms with Crippen LogP contribution in [-0.4, -0.2) is 44.4 Å². The zero-order valence-corrected chi connectivity index (χ0v) is 10.9. The average molecular weight is 255 g/mol. The molecule has 6 nitrogen and oxygen atoms in total. The summed E-state index contributed by atoms with van der Waals surface area (Å²) in [5, 5.41) is 21.7. The molecular formula is C12H21N3O3. The second kappa shape index (κ2) is 6.51. The van der Waals surface area contributed by atoms with E-state index in [1.165, 1.54) is 0 Å². The van der Waals surface area contributed by atoms with E-state index < -0.39 is 5.60 Å². The maximum atomic E-state index is 11.8. The van der Waals surface area contributed by atoms with Gasteiger partial charge < -0.3 is 20.1 Å². The Bertz CT molecular complexity index is 392. The number of aliphatic hydroxyl groups is 2. The summed E-state index contributed by atoms with van der Waals surface area (Å²) in [7, 11) is 1.74. The zero-order chi connectivity index (χ0) is 13.6. The third kappa shape index (κ3) is 3.82. The molecule has 0 spiro atoms. The normalized spacial score (nSPS) is 14.2. The van der Waals surface area contributed by atoms with Crippen LogP contribution in [0.1, 0.15) is 36.8 Å². The van der Waals surface area contributed by atoms with Crippen molar-refractivity contribution in [2.45, 2.75) is 31.8 Å². The molecule has 1 rings (SSSR count). The van der Waals surface area contributed by atoms with Crippen molar-refractivity contribution in [1.82, 2.24) is 14.9 Å². The highest BCUT2D eigenvalue weighted by molar-refractivity contribution is 5.90. The van der Waals surface area contributed by atoms with Gasteiger partial charge >= 0.3 is 0 Å². The number of rotatable bonds is 7. The second-order valence-corrected chi connectivity index (χ2v) is 4.45. The van der Waals surface area contributed by atoms with E-state index in [4.69, 9.17) is 5.11 Å². The molecule has 102 valence electrons. The van der Waals surface area contributed by atoms with Crippen molar-refractivity contribution in [3.63, 3.8) is 0 Å². The topological polar surface area (TPSA) is 87.4 Å². The number of nitrogens with zero attached hydrogens (tertiary/aromatic N) is 2. The van der Waals surface area contributed by atoms with E-state index in [9.17, 15) is 9.90 Å². The Morgan fingerprint density at radius 3 is 2.83 bits per heavy atom. The largest absolute Gasteiger partial charge is 0.396 e. The molecule has 0 fully saturated rings. The lowest BCUT2D eigenvalue weighted by Gasteiger charge is -2.26. The molecule has 0 aliphatic heterocycles. The van der Waals surface area contributed by atoms with Crippen LogP contribution >= 0.6 is 0 Å². The van der Waals surface area contributed by atoms with Gasteiger partial charge in [-0.15, -0.1) is 0 Å². The maximum Gasteiger partial charge on any atom is 0.287 e. The molecule has 1 unspecified atom stereocenters. The average Bonchev–Trinajstić information content (AvgIpc) is 2.80. The van der Waals surface area contributed by atoms with E-state index >= 15 is 0 Å². The predicted octanol–water partition coefficient (Wildman–Crippen LogP) is 0.0635. The minimum absolute atomic E-state index is 0.0373. The van der Waals surface area contributed by atoms with E-state index in [1.807, 2.05) is 6.92 Å². The number of carbonyl (C=O) groups is 1. The standard InChI is InChI=1S/C12H21N3O3/c1-3-12(18,5-4-8-16)9-14-11(17)10-13-6-7-15(10)2/h6-7,16,18H,3-5,8-9H2,1-2H3,(H,14,17). The number of aryl methyl sites for hydroxylation is 1. The van der Waals surface area contributed by atoms with Gasteiger partial charge in [0.15, 0.2) is 5.82 Å². The highest BCUT2D eigenvalue weighted by Crippen LogP contribution is 2.16. The van der Waals surface area contributed by atoms with Crippen molar-refractivity contribution < 1.29 is 15.0 Å². The zero-order valence-electron chi connectivity index (χ0n) is 10.9. The predicted molar refractivity (Wildman–Crippen MR) is 67.1 cm³/mol. The summed E-state index contributed by atoms with van der Waals surface area (Å²) < 4.78 is 1.62. The lowest BCUT2D eigenvalue weighted by molar-refractivity contribution is 0.0211. The number of amides is 1. The lowest BCUT2D eigenvalue weighted by atomic mass is 9.95. The molecule has 0 aliphatic rings. The van der Waals surface area contributed by atoms with Crippen molar-refractivity contribution in [1.29, 1.82) is 0 Å². The summed E-state index contributed by atoms with van der Waals surface area (Å²) in [5.74, 6) is 0.00832. The van der Waals surface area contributed by atoms with Crippen molar-refractivity contribution in [2.24, 2.45) is 7.05 Å². The van der Waals surface area contributed by atoms with Crippen LogP contribution in [0.3, 0.4) is 0 Å². The Labute approximate surface area is 107 Å². The van der Waals surface area contributed by atoms with Crippen LogP contribution in [0, 0.1) is 0 Å². The molecule has 6 heteroatoms. The third-order valence-corrected chi connectivity index (χ3v) is 3.06. The lowest BCUT2D eigenvalue weighted by Crippen LogP contribution is -2.43. The summed E-state index contributed by atoms with van der Waals surface area (Å²) in [5.41, 5.74) is -0.969. The Hall–Kier alpha value is -1.40. The summed E-state index contributed by atoms with van der Waals surface area (Å²) in [6.07, 6.45) is 4.73. The number of aromatic nitrogens is 2. The van der Waals surface area contributed by atoms with Gasteiger partial charge in [-0.25, -0.2) is 4.98 Å². The minimum atomic E-state index is -0.969. The maximum absolute atomic E-state index is 11.8. The monoisotopic (exact) mass is 255 g/mol. The molecule has 0 radical (unpaired) electrons. The van der Waals surface area contributed by atoms with Crippen molar-refractivity contribution >= 4 is 5.91 Å². The smallest absolute Gasteiger partial charge is 0.287 e. The van der Waals surface area contributed by atoms with E-state index in [0.29, 0.717) is 25.1 Å². The van der Waals surface area contributed by atoms with E-state index in [2.05, 4.69) is 10.3 Å². The van der Waals surface area contributed by atoms with Crippen molar-refractivity contribution in [3.8, 4) is 0 Å². The molecule has 0 bridgehead atoms. The van der Waals surface area contributed by atoms with Crippen LogP contribution < -0.4 is 5.32 Å². The molecule has 0 aliphatic carbocycles. The number of hydrogen-bond acceptors (Lipinski definition) is 4. The highest BCUT2D eigenvalue weighted by Gasteiger charge is 2.25. The molecule has 18 heavy (non-hydrogen) atoms. The van der Waals surface area contributed by atoms with Crippen LogP contribution in [0.15, 0.2) is 12.4 Å². The van der Waals surface area contributed by atoms with Gasteiger partial charge in [-0.1, -0.05) is 6.92 Å². The molecule has 1 amide bonds. The first-order chi connectivity index (χ1) is 8.52. The molecule has 0 saturated heterocycles. The molecule has 1 atom stereocenters. The highest BCUT2D eigenvalue weighted by atomic mass is 16.3. The number of aliphatic hydroxyl groups excluding tert-OH is 1. The van der Waals surface area contributed by atoms with Gasteiger partial charge in [-0.2, -0.15) is 0 Å². The van der Waals surface area contributed by atoms with Gasteiger partial charge in [0.05, 0.1) is 5.60 Å². The van der Waals surface area contributed by atoms with Gasteiger partial charge in [0.25, 0.3) is 5.91 Å². The Kier molecular flexibility index (Phi) is 5.30. The quantitative estimate of drug-likeness (QED) is 0.643. The molecule has 1 aromatic heterocycles. The van der Waals surface area contributed by atoms with Crippen LogP contribution in [0.25, 0.3) is 0 Å². The molecule has 3 N–H and O–H groups in total. The number of hydrogen-bond donors (Lipinski definition) is 3. The molecule has 0 aromatic carbocycles. The second-order valence-electron chi connectivity index (χ2n) is 4.45. The third-order valence-electron chi connectivity index (χ3n) is 3.06. The van der Waals surface area contributed by atoms with Gasteiger partial charge in [0, 0.05) is 32.6 Å². The van der Waals surface area contributed by atoms with Crippen molar-refractivity contribution in [2.75, 3.05) is 13.2 Å². The fourth-order valence-electron chi connectivity index (χ4n) is 1.71. The van der Waals surface area contributed by atoms with Crippen LogP contribution in [-0.2, 0) is 7.05 Å². The van der Waals surface area contributed by atoms with Crippen LogP contribution in [0.5, 0.6) is 0 Å². The first kappa shape index (κ1) is 14.7. The summed E-state index contributed by atoms with van der Waals surface area (Å²) in [6.45, 7) is 2.05. The van der Waals surface area contributed by atoms with Crippen LogP contribution in [0.2, 0.25) is 0 Å². The van der Waals surface area contributed by atoms with E-state index in [0.717, 1.165) is 0 Å². The number of nitrogens with one attached hydrogen (secondary N) is 1. The molecule has 1 heterocycles. The number of carbonyl (C=O) groups excluding carboxylic acids is 1. The van der Waals surface area contributed by atoms with Crippen molar-refractivity contribution in [3.05, 3.63) is 18.2 Å². The SMILES string of the molecule is CCC(O)(CCCO)CNC(=O)c1nccn1C. The first-order valence-corrected chi connectivity index (χ1v) is 6.11. The molecule has 1 aromatic rings. The summed E-state index contributed by atoms with van der Waals surface area (Å²) in [4.78, 5) is 15.7. The first-order valence-electron chi connectivity index (χ1n) is 6.11. The fraction of sp³-hybridized carbons (Fsp3) is 0.667. The van der Waals surface area contributed by atoms with Gasteiger partial charge in [-0.05, 0) is 19.3 Å². The van der Waals surface area contributed by atoms with Gasteiger partial charge in [0.2, 0.25) is 0 Å². The Morgan fingerprint density at radius 2 is 2.33 bits per heavy atom. The summed E-state index contributed by atoms with van der Waals surface area (Å²) in [6, 6.07) is 0. The summed E-state index contributed by atoms with van der Waals surface area (Å²) >= 11 is 0. The molecular weight excluding hydrogens is 234 g/mol. The number of imidazole rings is 1.